The van der Waals surface area contributed by atoms with E-state index in [0.29, 0.717) is 16.7 Å². The van der Waals surface area contributed by atoms with Crippen LogP contribution in [0.3, 0.4) is 0 Å². The van der Waals surface area contributed by atoms with Crippen LogP contribution in [-0.2, 0) is 4.74 Å². The van der Waals surface area contributed by atoms with Gasteiger partial charge in [0.1, 0.15) is 33.2 Å². The smallest absolute Gasteiger partial charge is 0.460 e. The molecule has 67 heteroatoms. The Morgan fingerprint density at radius 2 is 0.584 bits per heavy atom. The van der Waals surface area contributed by atoms with Gasteiger partial charge in [-0.25, -0.2) is 24.5 Å². The fourth-order valence-electron chi connectivity index (χ4n) is 10.4. The zero-order valence-corrected chi connectivity index (χ0v) is 63.7. The number of oxazole rings is 1. The molecule has 0 spiro atoms. The molecule has 726 valence electrons. The van der Waals surface area contributed by atoms with Gasteiger partial charge in [-0.1, -0.05) is 59.7 Å². The van der Waals surface area contributed by atoms with E-state index in [9.17, 15) is 169 Å². The van der Waals surface area contributed by atoms with Crippen LogP contribution in [0.2, 0.25) is 24.2 Å². The van der Waals surface area contributed by atoms with E-state index in [2.05, 4.69) is 30.3 Å². The van der Waals surface area contributed by atoms with Crippen molar-refractivity contribution < 1.29 is 257 Å². The van der Waals surface area contributed by atoms with Gasteiger partial charge in [0.25, 0.3) is 11.8 Å². The number of nitrogens with one attached hydrogen (secondary N) is 3. The molecule has 0 fully saturated rings. The van der Waals surface area contributed by atoms with Crippen LogP contribution in [-0.4, -0.2) is 202 Å². The Morgan fingerprint density at radius 3 is 0.816 bits per heavy atom. The van der Waals surface area contributed by atoms with Crippen molar-refractivity contribution in [2.24, 2.45) is 17.8 Å². The number of rotatable bonds is 42. The Labute approximate surface area is 668 Å². The van der Waals surface area contributed by atoms with Crippen molar-refractivity contribution in [3.8, 4) is 0 Å². The van der Waals surface area contributed by atoms with Gasteiger partial charge >= 0.3 is 155 Å². The highest BCUT2D eigenvalue weighted by molar-refractivity contribution is 7.10. The molecule has 0 saturated heterocycles. The molecule has 0 aliphatic heterocycles. The third kappa shape index (κ3) is 18.6. The molecule has 0 aromatic carbocycles. The van der Waals surface area contributed by atoms with Gasteiger partial charge in [0.05, 0.1) is 26.8 Å². The summed E-state index contributed by atoms with van der Waals surface area (Å²) in [5.41, 5.74) is -1.80. The number of aromatic carboxylic acids is 1. The van der Waals surface area contributed by atoms with Crippen LogP contribution < -0.4 is 16.0 Å². The van der Waals surface area contributed by atoms with E-state index in [1.807, 2.05) is 0 Å². The lowest BCUT2D eigenvalue weighted by atomic mass is 9.88. The summed E-state index contributed by atoms with van der Waals surface area (Å²) < 4.78 is 744. The maximum absolute atomic E-state index is 15.8. The number of aromatic nitrogens is 3. The average molecular weight is 2000 g/mol. The highest BCUT2D eigenvalue weighted by Gasteiger charge is 2.99. The maximum atomic E-state index is 15.8. The summed E-state index contributed by atoms with van der Waals surface area (Å²) in [5.74, 6) is -204. The van der Waals surface area contributed by atoms with Crippen LogP contribution >= 0.6 is 22.7 Å². The number of aryl methyl sites for hydroxylation is 1. The van der Waals surface area contributed by atoms with E-state index in [1.54, 1.807) is 5.32 Å². The summed E-state index contributed by atoms with van der Waals surface area (Å²) in [5, 5.41) is 16.7. The first-order chi connectivity index (χ1) is 54.7. The number of hydrogen-bond acceptors (Lipinski definition) is 11. The second kappa shape index (κ2) is 34.3. The minimum Gasteiger partial charge on any atom is -0.476 e. The number of carbonyl (C=O) groups is 4. The average Bonchev–Trinajstić information content (AvgIpc) is 1.43. The van der Waals surface area contributed by atoms with Gasteiger partial charge < -0.3 is 30.2 Å². The molecular formula is C58H49F51N6O7S2Si. The van der Waals surface area contributed by atoms with Gasteiger partial charge in [0.2, 0.25) is 5.89 Å². The van der Waals surface area contributed by atoms with Crippen LogP contribution in [0.5, 0.6) is 0 Å². The summed E-state index contributed by atoms with van der Waals surface area (Å²) in [6.07, 6.45) is -42.4. The van der Waals surface area contributed by atoms with Crippen LogP contribution in [0.15, 0.2) is 15.2 Å². The van der Waals surface area contributed by atoms with E-state index in [0.717, 1.165) is 19.2 Å². The number of ether oxygens (including phenoxy) is 1. The molecule has 3 aromatic heterocycles. The number of carbonyl (C=O) groups excluding carboxylic acids is 3. The minimum atomic E-state index is -9.80. The van der Waals surface area contributed by atoms with E-state index in [1.165, 1.54) is 34.6 Å². The van der Waals surface area contributed by atoms with Crippen molar-refractivity contribution in [3.63, 3.8) is 0 Å². The minimum absolute atomic E-state index is 0.138. The van der Waals surface area contributed by atoms with Crippen molar-refractivity contribution in [3.05, 3.63) is 49.5 Å². The highest BCUT2D eigenvalue weighted by Crippen LogP contribution is 2.69. The Bertz CT molecular complexity index is 4030. The molecule has 0 aliphatic carbocycles. The number of alkyl halides is 51. The topological polar surface area (TPSA) is 186 Å². The first-order valence-electron chi connectivity index (χ1n) is 32.5. The van der Waals surface area contributed by atoms with Crippen molar-refractivity contribution >= 4 is 54.6 Å². The van der Waals surface area contributed by atoms with E-state index in [4.69, 9.17) is 4.42 Å². The number of nitrogens with zero attached hydrogens (tertiary/aromatic N) is 3. The van der Waals surface area contributed by atoms with Gasteiger partial charge in [-0.2, -0.15) is 224 Å². The van der Waals surface area contributed by atoms with Crippen molar-refractivity contribution in [2.75, 3.05) is 6.61 Å². The molecule has 3 atom stereocenters. The first kappa shape index (κ1) is 112. The van der Waals surface area contributed by atoms with Gasteiger partial charge in [0.15, 0.2) is 5.69 Å². The summed E-state index contributed by atoms with van der Waals surface area (Å²) in [4.78, 5) is 64.0. The lowest BCUT2D eigenvalue weighted by Gasteiger charge is -2.44. The van der Waals surface area contributed by atoms with Crippen molar-refractivity contribution in [1.29, 1.82) is 0 Å². The SMILES string of the molecule is Cc1oc([C@@H](NC(=O)c2csc([C@@H](NC(=O)c3csc([C@@H](NC(=O)OCC[Si](CCC(F)(F)C(F)(F)C(F)(F)C(F)(F)C(F)(F)C(F)(F)C(F)(F)C(F)(F)F)(CCC(F)(F)C(F)(F)C(F)(F)C(F)(F)C(F)(F)C(F)(F)C(F)(F)C(F)(F)F)CCC(F)(F)C(F)(F)C(F)(F)C(F)(F)C(F)(F)C(F)(F)C(F)(F)C(F)(F)F)C(C)C)n3)C(C)C)n2)C(C)C)nc1C(=O)O. The molecule has 3 amide bonds. The number of carboxylic acid groups (broad SMARTS) is 1. The number of thiazole rings is 2. The van der Waals surface area contributed by atoms with E-state index in [-0.39, 0.29) is 28.0 Å². The molecule has 0 bridgehead atoms. The lowest BCUT2D eigenvalue weighted by Crippen LogP contribution is -2.74. The molecule has 0 aliphatic rings. The van der Waals surface area contributed by atoms with E-state index < -0.39 is 283 Å². The second-order valence-corrected chi connectivity index (χ2v) is 34.8. The number of carboxylic acids is 1. The third-order valence-electron chi connectivity index (χ3n) is 18.3. The fourth-order valence-corrected chi connectivity index (χ4v) is 17.0. The zero-order valence-electron chi connectivity index (χ0n) is 61.1. The number of amides is 3. The second-order valence-electron chi connectivity index (χ2n) is 28.0. The molecule has 0 saturated carbocycles. The Hall–Kier alpha value is -7.20. The molecule has 4 N–H and O–H groups in total. The quantitative estimate of drug-likeness (QED) is 0.0314. The normalized spacial score (nSPS) is 16.1. The van der Waals surface area contributed by atoms with Gasteiger partial charge in [0, 0.05) is 30.0 Å². The Kier molecular flexibility index (Phi) is 30.7. The number of hydrogen-bond donors (Lipinski definition) is 4. The molecular weight excluding hydrogens is 1950 g/mol. The molecule has 125 heavy (non-hydrogen) atoms. The lowest BCUT2D eigenvalue weighted by molar-refractivity contribution is -0.461. The molecule has 0 radical (unpaired) electrons. The molecule has 0 unspecified atom stereocenters. The van der Waals surface area contributed by atoms with Crippen LogP contribution in [0, 0.1) is 24.7 Å². The highest BCUT2D eigenvalue weighted by atomic mass is 32.1. The number of alkyl carbamates (subject to hydrolysis) is 1. The van der Waals surface area contributed by atoms with Gasteiger partial charge in [-0.05, 0) is 30.7 Å². The summed E-state index contributed by atoms with van der Waals surface area (Å²) in [6, 6.07) is -19.7. The van der Waals surface area contributed by atoms with E-state index >= 15 is 79.0 Å². The van der Waals surface area contributed by atoms with Gasteiger partial charge in [-0.15, -0.1) is 22.7 Å². The largest absolute Gasteiger partial charge is 0.476 e. The summed E-state index contributed by atoms with van der Waals surface area (Å²) in [6.45, 7) is 5.89. The predicted octanol–water partition coefficient (Wildman–Crippen LogP) is 23.9. The van der Waals surface area contributed by atoms with Crippen LogP contribution in [0.4, 0.5) is 229 Å². The first-order valence-corrected chi connectivity index (χ1v) is 37.1. The van der Waals surface area contributed by atoms with Crippen LogP contribution in [0.1, 0.15) is 132 Å². The Balaban J connectivity index is 2.47. The van der Waals surface area contributed by atoms with Gasteiger partial charge in [-0.3, -0.25) is 9.59 Å². The van der Waals surface area contributed by atoms with Crippen LogP contribution in [0.25, 0.3) is 0 Å². The monoisotopic (exact) mass is 2000 g/mol. The Morgan fingerprint density at radius 1 is 0.352 bits per heavy atom. The third-order valence-corrected chi connectivity index (χ3v) is 25.4. The maximum Gasteiger partial charge on any atom is 0.460 e. The molecule has 3 aromatic rings. The fraction of sp³-hybridized carbons (Fsp3) is 0.776. The number of halogens is 51. The van der Waals surface area contributed by atoms with Crippen molar-refractivity contribution in [1.82, 2.24) is 30.9 Å². The standard InChI is InChI=1S/C58H49F51N6O7S2Si/c1-18(2)24(30-114-27(33(118)119)21(7)122-30)112-28(116)22-16-123-31(110-22)25(19(3)4)113-29(117)23-17-124-32(111-23)26(20(5)6)115-34(120)121-11-15-125(12-8-35(59,60)38(65,66)41(71,72)44(77,78)47(83,84)50(89,90)53(95,96)56(101,102)103,13-9-36(61,62)39(67,68)42(73,74)45(79,80)48(85,86)51(91,92)54(97,98)57(104,105)106)14-10-37(63,64)40(69,70)43(75,76)46(81,82)49(87,88)52(93,94)55(99,100)58(107,108)109/h16-20,24-26H,8-15H2,1-7H3,(H,112,116)(H,113,117)(H,115,120)(H,118,119)/t24-,25-,26-/m0/s1. The molecule has 3 rings (SSSR count). The zero-order chi connectivity index (χ0) is 99.5. The molecule has 3 heterocycles. The van der Waals surface area contributed by atoms with Crippen molar-refractivity contribution in [2.45, 2.75) is 253 Å². The molecule has 13 nitrogen and oxygen atoms in total. The summed E-state index contributed by atoms with van der Waals surface area (Å²) >= 11 is 0.824. The summed E-state index contributed by atoms with van der Waals surface area (Å²) in [7, 11) is -7.91. The predicted molar refractivity (Wildman–Crippen MR) is 315 cm³/mol.